The first-order valence-corrected chi connectivity index (χ1v) is 8.85. The van der Waals surface area contributed by atoms with Crippen molar-refractivity contribution in [2.24, 2.45) is 0 Å². The standard InChI is InChI=1S/C22H23N3O2/c1-16-4-3-5-19(14-16)25-22(26)21-15-18(11-13-24-21)23-12-10-17-6-8-20(27-2)9-7-17/h3-9,11,13-15H,10,12H2,1-2H3,(H,23,24)(H,25,26). The van der Waals surface area contributed by atoms with Crippen LogP contribution in [-0.4, -0.2) is 24.5 Å². The Morgan fingerprint density at radius 1 is 1.04 bits per heavy atom. The fraction of sp³-hybridized carbons (Fsp3) is 0.182. The van der Waals surface area contributed by atoms with Gasteiger partial charge >= 0.3 is 0 Å². The third kappa shape index (κ3) is 5.31. The minimum Gasteiger partial charge on any atom is -0.497 e. The Labute approximate surface area is 159 Å². The van der Waals surface area contributed by atoms with Gasteiger partial charge in [-0.3, -0.25) is 9.78 Å². The van der Waals surface area contributed by atoms with E-state index >= 15 is 0 Å². The molecular weight excluding hydrogens is 338 g/mol. The molecule has 0 aliphatic carbocycles. The van der Waals surface area contributed by atoms with Gasteiger partial charge in [0.25, 0.3) is 5.91 Å². The van der Waals surface area contributed by atoms with E-state index in [1.807, 2.05) is 61.5 Å². The van der Waals surface area contributed by atoms with Crippen molar-refractivity contribution in [3.8, 4) is 5.75 Å². The van der Waals surface area contributed by atoms with Gasteiger partial charge in [0, 0.05) is 24.1 Å². The molecule has 2 aromatic carbocycles. The van der Waals surface area contributed by atoms with Crippen molar-refractivity contribution in [1.29, 1.82) is 0 Å². The molecule has 5 nitrogen and oxygen atoms in total. The zero-order chi connectivity index (χ0) is 19.1. The lowest BCUT2D eigenvalue weighted by molar-refractivity contribution is 0.102. The Balaban J connectivity index is 1.57. The molecular formula is C22H23N3O2. The molecule has 1 aromatic heterocycles. The topological polar surface area (TPSA) is 63.2 Å². The van der Waals surface area contributed by atoms with E-state index in [-0.39, 0.29) is 5.91 Å². The van der Waals surface area contributed by atoms with E-state index in [0.29, 0.717) is 5.69 Å². The van der Waals surface area contributed by atoms with Crippen LogP contribution in [-0.2, 0) is 6.42 Å². The summed E-state index contributed by atoms with van der Waals surface area (Å²) in [7, 11) is 1.66. The molecule has 0 aliphatic rings. The van der Waals surface area contributed by atoms with Crippen LogP contribution in [0.4, 0.5) is 11.4 Å². The number of aromatic nitrogens is 1. The quantitative estimate of drug-likeness (QED) is 0.658. The predicted octanol–water partition coefficient (Wildman–Crippen LogP) is 4.31. The van der Waals surface area contributed by atoms with Crippen LogP contribution in [0.5, 0.6) is 5.75 Å². The third-order valence-electron chi connectivity index (χ3n) is 4.17. The highest BCUT2D eigenvalue weighted by atomic mass is 16.5. The minimum absolute atomic E-state index is 0.223. The number of carbonyl (C=O) groups excluding carboxylic acids is 1. The average molecular weight is 361 g/mol. The van der Waals surface area contributed by atoms with Gasteiger partial charge in [-0.2, -0.15) is 0 Å². The van der Waals surface area contributed by atoms with Crippen LogP contribution in [0.15, 0.2) is 66.9 Å². The van der Waals surface area contributed by atoms with Crippen molar-refractivity contribution in [3.05, 3.63) is 83.7 Å². The van der Waals surface area contributed by atoms with E-state index in [0.717, 1.165) is 35.7 Å². The van der Waals surface area contributed by atoms with Gasteiger partial charge in [-0.15, -0.1) is 0 Å². The second kappa shape index (κ2) is 8.85. The van der Waals surface area contributed by atoms with Gasteiger partial charge in [0.1, 0.15) is 11.4 Å². The average Bonchev–Trinajstić information content (AvgIpc) is 2.69. The molecule has 0 radical (unpaired) electrons. The number of methoxy groups -OCH3 is 1. The lowest BCUT2D eigenvalue weighted by Gasteiger charge is -2.09. The molecule has 0 saturated carbocycles. The van der Waals surface area contributed by atoms with Crippen molar-refractivity contribution < 1.29 is 9.53 Å². The number of carbonyl (C=O) groups is 1. The van der Waals surface area contributed by atoms with Gasteiger partial charge in [-0.25, -0.2) is 0 Å². The van der Waals surface area contributed by atoms with E-state index in [1.54, 1.807) is 19.4 Å². The number of anilines is 2. The van der Waals surface area contributed by atoms with Gasteiger partial charge in [-0.1, -0.05) is 24.3 Å². The Morgan fingerprint density at radius 2 is 1.85 bits per heavy atom. The Hall–Kier alpha value is -3.34. The van der Waals surface area contributed by atoms with Crippen LogP contribution in [0.1, 0.15) is 21.6 Å². The van der Waals surface area contributed by atoms with Crippen molar-refractivity contribution >= 4 is 17.3 Å². The van der Waals surface area contributed by atoms with Crippen LogP contribution in [0.3, 0.4) is 0 Å². The normalized spacial score (nSPS) is 10.3. The van der Waals surface area contributed by atoms with Crippen molar-refractivity contribution in [2.45, 2.75) is 13.3 Å². The molecule has 2 N–H and O–H groups in total. The van der Waals surface area contributed by atoms with Crippen LogP contribution < -0.4 is 15.4 Å². The summed E-state index contributed by atoms with van der Waals surface area (Å²) in [5, 5.41) is 6.22. The second-order valence-corrected chi connectivity index (χ2v) is 6.28. The molecule has 0 aliphatic heterocycles. The second-order valence-electron chi connectivity index (χ2n) is 6.28. The first kappa shape index (κ1) is 18.5. The highest BCUT2D eigenvalue weighted by Crippen LogP contribution is 2.14. The minimum atomic E-state index is -0.223. The summed E-state index contributed by atoms with van der Waals surface area (Å²) in [5.41, 5.74) is 4.32. The third-order valence-corrected chi connectivity index (χ3v) is 4.17. The largest absolute Gasteiger partial charge is 0.497 e. The predicted molar refractivity (Wildman–Crippen MR) is 109 cm³/mol. The molecule has 1 amide bonds. The van der Waals surface area contributed by atoms with Gasteiger partial charge in [0.05, 0.1) is 7.11 Å². The Morgan fingerprint density at radius 3 is 2.59 bits per heavy atom. The smallest absolute Gasteiger partial charge is 0.274 e. The van der Waals surface area contributed by atoms with E-state index in [4.69, 9.17) is 4.74 Å². The Kier molecular flexibility index (Phi) is 6.05. The summed E-state index contributed by atoms with van der Waals surface area (Å²) >= 11 is 0. The molecule has 0 bridgehead atoms. The molecule has 27 heavy (non-hydrogen) atoms. The summed E-state index contributed by atoms with van der Waals surface area (Å²) < 4.78 is 5.17. The summed E-state index contributed by atoms with van der Waals surface area (Å²) in [6.45, 7) is 2.75. The molecule has 5 heteroatoms. The monoisotopic (exact) mass is 361 g/mol. The molecule has 0 saturated heterocycles. The maximum absolute atomic E-state index is 12.4. The van der Waals surface area contributed by atoms with Gasteiger partial charge in [-0.05, 0) is 60.9 Å². The number of nitrogens with one attached hydrogen (secondary N) is 2. The highest BCUT2D eigenvalue weighted by molar-refractivity contribution is 6.03. The first-order chi connectivity index (χ1) is 13.1. The van der Waals surface area contributed by atoms with E-state index in [9.17, 15) is 4.79 Å². The summed E-state index contributed by atoms with van der Waals surface area (Å²) in [5.74, 6) is 0.629. The van der Waals surface area contributed by atoms with E-state index in [2.05, 4.69) is 15.6 Å². The fourth-order valence-electron chi connectivity index (χ4n) is 2.73. The van der Waals surface area contributed by atoms with Gasteiger partial charge in [0.2, 0.25) is 0 Å². The SMILES string of the molecule is COc1ccc(CCNc2ccnc(C(=O)Nc3cccc(C)c3)c2)cc1. The number of rotatable bonds is 7. The molecule has 3 aromatic rings. The number of hydrogen-bond acceptors (Lipinski definition) is 4. The fourth-order valence-corrected chi connectivity index (χ4v) is 2.73. The number of hydrogen-bond donors (Lipinski definition) is 2. The lowest BCUT2D eigenvalue weighted by atomic mass is 10.1. The molecule has 0 fully saturated rings. The van der Waals surface area contributed by atoms with Crippen molar-refractivity contribution in [3.63, 3.8) is 0 Å². The van der Waals surface area contributed by atoms with Gasteiger partial charge in [0.15, 0.2) is 0 Å². The number of nitrogens with zero attached hydrogens (tertiary/aromatic N) is 1. The van der Waals surface area contributed by atoms with Crippen molar-refractivity contribution in [2.75, 3.05) is 24.3 Å². The number of ether oxygens (including phenoxy) is 1. The van der Waals surface area contributed by atoms with Crippen LogP contribution in [0, 0.1) is 6.92 Å². The van der Waals surface area contributed by atoms with Crippen LogP contribution in [0.25, 0.3) is 0 Å². The van der Waals surface area contributed by atoms with E-state index < -0.39 is 0 Å². The van der Waals surface area contributed by atoms with Crippen LogP contribution in [0.2, 0.25) is 0 Å². The zero-order valence-electron chi connectivity index (χ0n) is 15.5. The zero-order valence-corrected chi connectivity index (χ0v) is 15.5. The molecule has 1 heterocycles. The maximum atomic E-state index is 12.4. The number of amides is 1. The maximum Gasteiger partial charge on any atom is 0.274 e. The lowest BCUT2D eigenvalue weighted by Crippen LogP contribution is -2.14. The summed E-state index contributed by atoms with van der Waals surface area (Å²) in [4.78, 5) is 16.6. The van der Waals surface area contributed by atoms with E-state index in [1.165, 1.54) is 5.56 Å². The van der Waals surface area contributed by atoms with Crippen LogP contribution >= 0.6 is 0 Å². The molecule has 0 spiro atoms. The number of benzene rings is 2. The summed E-state index contributed by atoms with van der Waals surface area (Å²) in [6.07, 6.45) is 2.51. The molecule has 138 valence electrons. The molecule has 0 atom stereocenters. The summed E-state index contributed by atoms with van der Waals surface area (Å²) in [6, 6.07) is 19.3. The first-order valence-electron chi connectivity index (χ1n) is 8.85. The highest BCUT2D eigenvalue weighted by Gasteiger charge is 2.08. The molecule has 3 rings (SSSR count). The number of aryl methyl sites for hydroxylation is 1. The van der Waals surface area contributed by atoms with Crippen molar-refractivity contribution in [1.82, 2.24) is 4.98 Å². The number of pyridine rings is 1. The molecule has 0 unspecified atom stereocenters. The van der Waals surface area contributed by atoms with Gasteiger partial charge < -0.3 is 15.4 Å². The Bertz CT molecular complexity index is 907.